The van der Waals surface area contributed by atoms with Gasteiger partial charge in [-0.1, -0.05) is 18.1 Å². The summed E-state index contributed by atoms with van der Waals surface area (Å²) in [4.78, 5) is 4.03. The van der Waals surface area contributed by atoms with E-state index in [1.807, 2.05) is 24.3 Å². The van der Waals surface area contributed by atoms with Gasteiger partial charge in [0.25, 0.3) is 0 Å². The Hall–Kier alpha value is -1.75. The van der Waals surface area contributed by atoms with Gasteiger partial charge in [0.05, 0.1) is 13.7 Å². The summed E-state index contributed by atoms with van der Waals surface area (Å²) in [6, 6.07) is 7.66. The molecule has 2 nitrogen and oxygen atoms in total. The first-order valence-electron chi connectivity index (χ1n) is 3.95. The number of hydrogen-bond acceptors (Lipinski definition) is 2. The van der Waals surface area contributed by atoms with Gasteiger partial charge in [-0.2, -0.15) is 0 Å². The second kappa shape index (κ2) is 5.00. The van der Waals surface area contributed by atoms with Crippen molar-refractivity contribution in [3.8, 4) is 18.1 Å². The molecule has 13 heavy (non-hydrogen) atoms. The quantitative estimate of drug-likeness (QED) is 0.504. The van der Waals surface area contributed by atoms with E-state index in [-0.39, 0.29) is 0 Å². The predicted molar refractivity (Wildman–Crippen MR) is 54.3 cm³/mol. The van der Waals surface area contributed by atoms with Crippen molar-refractivity contribution in [2.75, 3.05) is 13.7 Å². The second-order valence-electron chi connectivity index (χ2n) is 2.42. The van der Waals surface area contributed by atoms with Crippen LogP contribution in [0.5, 0.6) is 5.75 Å². The van der Waals surface area contributed by atoms with Crippen LogP contribution in [0.15, 0.2) is 29.3 Å². The van der Waals surface area contributed by atoms with Crippen molar-refractivity contribution in [1.29, 1.82) is 0 Å². The number of benzene rings is 1. The van der Waals surface area contributed by atoms with Crippen molar-refractivity contribution in [2.24, 2.45) is 4.99 Å². The lowest BCUT2D eigenvalue weighted by atomic mass is 10.2. The van der Waals surface area contributed by atoms with Crippen LogP contribution in [0.2, 0.25) is 0 Å². The number of terminal acetylenes is 1. The molecule has 0 heterocycles. The van der Waals surface area contributed by atoms with Crippen LogP contribution in [0, 0.1) is 12.3 Å². The molecule has 0 atom stereocenters. The molecule has 0 unspecified atom stereocenters. The zero-order valence-electron chi connectivity index (χ0n) is 7.53. The van der Waals surface area contributed by atoms with Crippen molar-refractivity contribution in [3.05, 3.63) is 29.8 Å². The SMILES string of the molecule is C#CCN=Cc1ccccc1OC. The fraction of sp³-hybridized carbons (Fsp3) is 0.182. The summed E-state index contributed by atoms with van der Waals surface area (Å²) in [6.45, 7) is 0.401. The number of hydrogen-bond donors (Lipinski definition) is 0. The summed E-state index contributed by atoms with van der Waals surface area (Å²) in [7, 11) is 1.63. The molecule has 0 aromatic heterocycles. The lowest BCUT2D eigenvalue weighted by Gasteiger charge is -2.01. The number of aliphatic imine (C=N–C) groups is 1. The first-order chi connectivity index (χ1) is 6.38. The fourth-order valence-corrected chi connectivity index (χ4v) is 0.970. The van der Waals surface area contributed by atoms with Crippen LogP contribution in [0.1, 0.15) is 5.56 Å². The summed E-state index contributed by atoms with van der Waals surface area (Å²) in [6.07, 6.45) is 6.79. The van der Waals surface area contributed by atoms with Crippen molar-refractivity contribution in [1.82, 2.24) is 0 Å². The summed E-state index contributed by atoms with van der Waals surface area (Å²) in [5.41, 5.74) is 0.945. The Morgan fingerprint density at radius 2 is 2.31 bits per heavy atom. The molecule has 0 bridgehead atoms. The predicted octanol–water partition coefficient (Wildman–Crippen LogP) is 1.75. The smallest absolute Gasteiger partial charge is 0.127 e. The lowest BCUT2D eigenvalue weighted by molar-refractivity contribution is 0.414. The number of ether oxygens (including phenoxy) is 1. The van der Waals surface area contributed by atoms with Gasteiger partial charge in [0.2, 0.25) is 0 Å². The molecule has 66 valence electrons. The molecular formula is C11H11NO. The average molecular weight is 173 g/mol. The Bertz CT molecular complexity index is 336. The highest BCUT2D eigenvalue weighted by Crippen LogP contribution is 2.14. The van der Waals surface area contributed by atoms with E-state index < -0.39 is 0 Å². The molecule has 0 saturated heterocycles. The molecule has 0 fully saturated rings. The number of rotatable bonds is 3. The maximum Gasteiger partial charge on any atom is 0.127 e. The van der Waals surface area contributed by atoms with Gasteiger partial charge < -0.3 is 4.74 Å². The Labute approximate surface area is 78.3 Å². The van der Waals surface area contributed by atoms with E-state index in [0.717, 1.165) is 11.3 Å². The lowest BCUT2D eigenvalue weighted by Crippen LogP contribution is -1.90. The average Bonchev–Trinajstić information content (AvgIpc) is 2.19. The van der Waals surface area contributed by atoms with Gasteiger partial charge in [0.1, 0.15) is 5.75 Å². The maximum atomic E-state index is 5.13. The number of methoxy groups -OCH3 is 1. The summed E-state index contributed by atoms with van der Waals surface area (Å²) in [5, 5.41) is 0. The van der Waals surface area contributed by atoms with Crippen LogP contribution in [0.4, 0.5) is 0 Å². The minimum absolute atomic E-state index is 0.401. The highest BCUT2D eigenvalue weighted by Gasteiger charge is 1.95. The van der Waals surface area contributed by atoms with Gasteiger partial charge in [-0.25, -0.2) is 0 Å². The highest BCUT2D eigenvalue weighted by atomic mass is 16.5. The van der Waals surface area contributed by atoms with Crippen LogP contribution >= 0.6 is 0 Å². The van der Waals surface area contributed by atoms with Crippen molar-refractivity contribution in [2.45, 2.75) is 0 Å². The van der Waals surface area contributed by atoms with Gasteiger partial charge in [0, 0.05) is 11.8 Å². The number of nitrogens with zero attached hydrogens (tertiary/aromatic N) is 1. The summed E-state index contributed by atoms with van der Waals surface area (Å²) < 4.78 is 5.13. The van der Waals surface area contributed by atoms with Crippen molar-refractivity contribution in [3.63, 3.8) is 0 Å². The zero-order chi connectivity index (χ0) is 9.52. The van der Waals surface area contributed by atoms with Gasteiger partial charge >= 0.3 is 0 Å². The fourth-order valence-electron chi connectivity index (χ4n) is 0.970. The molecule has 0 radical (unpaired) electrons. The number of para-hydroxylation sites is 1. The van der Waals surface area contributed by atoms with Crippen LogP contribution in [-0.2, 0) is 0 Å². The largest absolute Gasteiger partial charge is 0.496 e. The van der Waals surface area contributed by atoms with Crippen LogP contribution in [0.25, 0.3) is 0 Å². The zero-order valence-corrected chi connectivity index (χ0v) is 7.53. The molecular weight excluding hydrogens is 162 g/mol. The minimum atomic E-state index is 0.401. The molecule has 0 amide bonds. The molecule has 2 heteroatoms. The highest BCUT2D eigenvalue weighted by molar-refractivity contribution is 5.83. The molecule has 0 aliphatic heterocycles. The normalized spacial score (nSPS) is 9.85. The standard InChI is InChI=1S/C11H11NO/c1-3-8-12-9-10-6-4-5-7-11(10)13-2/h1,4-7,9H,8H2,2H3. The Balaban J connectivity index is 2.82. The monoisotopic (exact) mass is 173 g/mol. The Morgan fingerprint density at radius 3 is 3.00 bits per heavy atom. The molecule has 0 saturated carbocycles. The second-order valence-corrected chi connectivity index (χ2v) is 2.42. The topological polar surface area (TPSA) is 21.6 Å². The minimum Gasteiger partial charge on any atom is -0.496 e. The van der Waals surface area contributed by atoms with E-state index in [9.17, 15) is 0 Å². The summed E-state index contributed by atoms with van der Waals surface area (Å²) in [5.74, 6) is 3.25. The third-order valence-electron chi connectivity index (χ3n) is 1.55. The Kier molecular flexibility index (Phi) is 3.59. The van der Waals surface area contributed by atoms with E-state index in [2.05, 4.69) is 10.9 Å². The first kappa shape index (κ1) is 9.34. The third kappa shape index (κ3) is 2.64. The summed E-state index contributed by atoms with van der Waals surface area (Å²) >= 11 is 0. The molecule has 1 aromatic carbocycles. The van der Waals surface area contributed by atoms with Crippen LogP contribution in [-0.4, -0.2) is 19.9 Å². The maximum absolute atomic E-state index is 5.13. The molecule has 0 aliphatic rings. The van der Waals surface area contributed by atoms with Crippen LogP contribution in [0.3, 0.4) is 0 Å². The van der Waals surface area contributed by atoms with Gasteiger partial charge in [0.15, 0.2) is 0 Å². The molecule has 1 aromatic rings. The van der Waals surface area contributed by atoms with Gasteiger partial charge in [-0.3, -0.25) is 4.99 Å². The van der Waals surface area contributed by atoms with E-state index in [4.69, 9.17) is 11.2 Å². The van der Waals surface area contributed by atoms with E-state index in [0.29, 0.717) is 6.54 Å². The van der Waals surface area contributed by atoms with Crippen LogP contribution < -0.4 is 4.74 Å². The third-order valence-corrected chi connectivity index (χ3v) is 1.55. The van der Waals surface area contributed by atoms with E-state index >= 15 is 0 Å². The van der Waals surface area contributed by atoms with E-state index in [1.54, 1.807) is 13.3 Å². The molecule has 0 spiro atoms. The molecule has 0 aliphatic carbocycles. The van der Waals surface area contributed by atoms with Crippen molar-refractivity contribution < 1.29 is 4.74 Å². The van der Waals surface area contributed by atoms with Gasteiger partial charge in [-0.15, -0.1) is 6.42 Å². The molecule has 1 rings (SSSR count). The Morgan fingerprint density at radius 1 is 1.54 bits per heavy atom. The van der Waals surface area contributed by atoms with Gasteiger partial charge in [-0.05, 0) is 12.1 Å². The first-order valence-corrected chi connectivity index (χ1v) is 3.95. The van der Waals surface area contributed by atoms with E-state index in [1.165, 1.54) is 0 Å². The molecule has 0 N–H and O–H groups in total. The van der Waals surface area contributed by atoms with Crippen molar-refractivity contribution >= 4 is 6.21 Å².